The molecule has 0 radical (unpaired) electrons. The maximum Gasteiger partial charge on any atom is 0.264 e. The van der Waals surface area contributed by atoms with Crippen molar-refractivity contribution in [2.24, 2.45) is 0 Å². The largest absolute Gasteiger partial charge is 0.308 e. The number of alkyl halides is 2. The molecule has 1 amide bonds. The Morgan fingerprint density at radius 1 is 1.24 bits per heavy atom. The first-order chi connectivity index (χ1) is 15.9. The second-order valence-electron chi connectivity index (χ2n) is 8.19. The Bertz CT molecular complexity index is 1340. The van der Waals surface area contributed by atoms with E-state index in [1.54, 1.807) is 23.9 Å². The molecule has 0 unspecified atom stereocenters. The Hall–Kier alpha value is -3.33. The molecule has 3 heterocycles. The lowest BCUT2D eigenvalue weighted by atomic mass is 10.1. The van der Waals surface area contributed by atoms with Crippen molar-refractivity contribution in [3.63, 3.8) is 0 Å². The minimum atomic E-state index is -2.64. The highest BCUT2D eigenvalue weighted by Gasteiger charge is 2.29. The third kappa shape index (κ3) is 4.45. The average molecular weight is 471 g/mol. The summed E-state index contributed by atoms with van der Waals surface area (Å²) in [6.45, 7) is 1.95. The number of aryl methyl sites for hydroxylation is 1. The van der Waals surface area contributed by atoms with Crippen molar-refractivity contribution in [2.45, 2.75) is 45.2 Å². The number of carbonyl (C=O) groups is 1. The van der Waals surface area contributed by atoms with Gasteiger partial charge in [-0.3, -0.25) is 9.48 Å². The fourth-order valence-electron chi connectivity index (χ4n) is 3.91. The number of anilines is 1. The van der Waals surface area contributed by atoms with Gasteiger partial charge in [0, 0.05) is 34.5 Å². The minimum Gasteiger partial charge on any atom is -0.308 e. The van der Waals surface area contributed by atoms with Crippen molar-refractivity contribution >= 4 is 34.4 Å². The molecule has 0 aliphatic heterocycles. The van der Waals surface area contributed by atoms with Crippen LogP contribution in [-0.2, 0) is 17.9 Å². The first-order valence-corrected chi connectivity index (χ1v) is 11.0. The van der Waals surface area contributed by atoms with Crippen molar-refractivity contribution in [3.8, 4) is 0 Å². The lowest BCUT2D eigenvalue weighted by Gasteiger charge is -2.08. The number of pyridine rings is 1. The van der Waals surface area contributed by atoms with Gasteiger partial charge in [0.1, 0.15) is 6.54 Å². The number of fused-ring (bicyclic) bond motifs is 1. The molecule has 1 aliphatic carbocycles. The van der Waals surface area contributed by atoms with E-state index in [-0.39, 0.29) is 23.9 Å². The van der Waals surface area contributed by atoms with Crippen molar-refractivity contribution < 1.29 is 13.6 Å². The van der Waals surface area contributed by atoms with E-state index in [2.05, 4.69) is 20.5 Å². The zero-order valence-electron chi connectivity index (χ0n) is 17.8. The lowest BCUT2D eigenvalue weighted by molar-refractivity contribution is -0.116. The molecule has 4 aromatic rings. The molecular weight excluding hydrogens is 450 g/mol. The van der Waals surface area contributed by atoms with E-state index in [4.69, 9.17) is 11.6 Å². The Labute approximate surface area is 193 Å². The number of nitrogens with zero attached hydrogens (tertiary/aromatic N) is 5. The van der Waals surface area contributed by atoms with Gasteiger partial charge in [-0.05, 0) is 37.5 Å². The lowest BCUT2D eigenvalue weighted by Crippen LogP contribution is -2.20. The van der Waals surface area contributed by atoms with Crippen LogP contribution in [0.4, 0.5) is 14.6 Å². The van der Waals surface area contributed by atoms with Crippen LogP contribution >= 0.6 is 11.6 Å². The van der Waals surface area contributed by atoms with Crippen molar-refractivity contribution in [3.05, 3.63) is 70.1 Å². The standard InChI is InChI=1S/C23H21ClF2N6O/c1-13-21-16(22(25)26)10-18(14-6-7-14)27-23(21)32(29-13)12-20(33)28-19-8-9-31(30-19)11-15-4-2-3-5-17(15)24/h2-5,8-10,14,22H,6-7,11-12H2,1H3,(H,28,30,33). The molecule has 1 N–H and O–H groups in total. The normalized spacial score (nSPS) is 13.7. The highest BCUT2D eigenvalue weighted by atomic mass is 35.5. The number of hydrogen-bond donors (Lipinski definition) is 1. The zero-order valence-corrected chi connectivity index (χ0v) is 18.6. The Balaban J connectivity index is 1.35. The number of benzene rings is 1. The number of halogens is 3. The second-order valence-corrected chi connectivity index (χ2v) is 8.60. The number of rotatable bonds is 7. The fraction of sp³-hybridized carbons (Fsp3) is 0.304. The van der Waals surface area contributed by atoms with Crippen LogP contribution in [0.5, 0.6) is 0 Å². The molecule has 1 aliphatic rings. The topological polar surface area (TPSA) is 77.6 Å². The van der Waals surface area contributed by atoms with E-state index in [1.165, 1.54) is 10.7 Å². The van der Waals surface area contributed by atoms with Gasteiger partial charge in [0.05, 0.1) is 17.6 Å². The monoisotopic (exact) mass is 470 g/mol. The van der Waals surface area contributed by atoms with E-state index in [9.17, 15) is 13.6 Å². The molecule has 3 aromatic heterocycles. The SMILES string of the molecule is Cc1nn(CC(=O)Nc2ccn(Cc3ccccc3Cl)n2)c2nc(C3CC3)cc(C(F)F)c12. The highest BCUT2D eigenvalue weighted by molar-refractivity contribution is 6.31. The third-order valence-electron chi connectivity index (χ3n) is 5.65. The van der Waals surface area contributed by atoms with Gasteiger partial charge >= 0.3 is 0 Å². The fourth-order valence-corrected chi connectivity index (χ4v) is 4.11. The predicted molar refractivity (Wildman–Crippen MR) is 121 cm³/mol. The molecule has 10 heteroatoms. The van der Waals surface area contributed by atoms with Gasteiger partial charge in [-0.2, -0.15) is 10.2 Å². The molecule has 1 saturated carbocycles. The van der Waals surface area contributed by atoms with Crippen molar-refractivity contribution in [1.29, 1.82) is 0 Å². The zero-order chi connectivity index (χ0) is 23.1. The van der Waals surface area contributed by atoms with Gasteiger partial charge in [0.15, 0.2) is 11.5 Å². The Morgan fingerprint density at radius 2 is 2.03 bits per heavy atom. The van der Waals surface area contributed by atoms with E-state index in [0.717, 1.165) is 18.4 Å². The summed E-state index contributed by atoms with van der Waals surface area (Å²) < 4.78 is 30.5. The Morgan fingerprint density at radius 3 is 2.76 bits per heavy atom. The van der Waals surface area contributed by atoms with Gasteiger partial charge in [-0.15, -0.1) is 0 Å². The second kappa shape index (κ2) is 8.55. The van der Waals surface area contributed by atoms with Gasteiger partial charge in [-0.25, -0.2) is 18.4 Å². The molecule has 0 atom stereocenters. The molecule has 7 nitrogen and oxygen atoms in total. The van der Waals surface area contributed by atoms with Crippen LogP contribution in [0.1, 0.15) is 47.7 Å². The van der Waals surface area contributed by atoms with Crippen LogP contribution in [-0.4, -0.2) is 30.5 Å². The molecule has 1 fully saturated rings. The summed E-state index contributed by atoms with van der Waals surface area (Å²) in [5.74, 6) is 0.200. The number of carbonyl (C=O) groups excluding carboxylic acids is 1. The summed E-state index contributed by atoms with van der Waals surface area (Å²) in [6.07, 6.45) is 0.975. The van der Waals surface area contributed by atoms with Crippen LogP contribution in [0.25, 0.3) is 11.0 Å². The van der Waals surface area contributed by atoms with Gasteiger partial charge in [0.2, 0.25) is 5.91 Å². The first-order valence-electron chi connectivity index (χ1n) is 10.6. The summed E-state index contributed by atoms with van der Waals surface area (Å²) in [7, 11) is 0. The van der Waals surface area contributed by atoms with Gasteiger partial charge in [0.25, 0.3) is 6.43 Å². The van der Waals surface area contributed by atoms with E-state index < -0.39 is 6.43 Å². The first kappa shape index (κ1) is 21.5. The third-order valence-corrected chi connectivity index (χ3v) is 6.02. The van der Waals surface area contributed by atoms with Gasteiger partial charge < -0.3 is 5.32 Å². The number of aromatic nitrogens is 5. The number of amides is 1. The minimum absolute atomic E-state index is 0.0793. The molecule has 1 aromatic carbocycles. The van der Waals surface area contributed by atoms with E-state index in [1.807, 2.05) is 24.3 Å². The van der Waals surface area contributed by atoms with Gasteiger partial charge in [-0.1, -0.05) is 29.8 Å². The summed E-state index contributed by atoms with van der Waals surface area (Å²) in [5.41, 5.74) is 2.20. The maximum atomic E-state index is 13.7. The van der Waals surface area contributed by atoms with Crippen LogP contribution in [0.15, 0.2) is 42.6 Å². The number of nitrogens with one attached hydrogen (secondary N) is 1. The highest BCUT2D eigenvalue weighted by Crippen LogP contribution is 2.41. The van der Waals surface area contributed by atoms with Crippen LogP contribution in [0, 0.1) is 6.92 Å². The molecular formula is C23H21ClF2N6O. The average Bonchev–Trinajstić information content (AvgIpc) is 3.47. The predicted octanol–water partition coefficient (Wildman–Crippen LogP) is 5.09. The maximum absolute atomic E-state index is 13.7. The molecule has 170 valence electrons. The van der Waals surface area contributed by atoms with Crippen molar-refractivity contribution in [1.82, 2.24) is 24.5 Å². The molecule has 33 heavy (non-hydrogen) atoms. The van der Waals surface area contributed by atoms with Crippen molar-refractivity contribution in [2.75, 3.05) is 5.32 Å². The van der Waals surface area contributed by atoms with E-state index in [0.29, 0.717) is 39.8 Å². The summed E-state index contributed by atoms with van der Waals surface area (Å²) in [4.78, 5) is 17.3. The molecule has 0 saturated heterocycles. The summed E-state index contributed by atoms with van der Waals surface area (Å²) in [5, 5.41) is 12.4. The molecule has 5 rings (SSSR count). The van der Waals surface area contributed by atoms with Crippen LogP contribution < -0.4 is 5.32 Å². The van der Waals surface area contributed by atoms with Crippen LogP contribution in [0.2, 0.25) is 5.02 Å². The van der Waals surface area contributed by atoms with E-state index >= 15 is 0 Å². The summed E-state index contributed by atoms with van der Waals surface area (Å²) >= 11 is 6.20. The number of hydrogen-bond acceptors (Lipinski definition) is 4. The molecule has 0 bridgehead atoms. The molecule has 0 spiro atoms. The smallest absolute Gasteiger partial charge is 0.264 e. The Kier molecular flexibility index (Phi) is 5.57. The quantitative estimate of drug-likeness (QED) is 0.408. The summed E-state index contributed by atoms with van der Waals surface area (Å²) in [6, 6.07) is 10.6. The van der Waals surface area contributed by atoms with Crippen LogP contribution in [0.3, 0.4) is 0 Å².